The van der Waals surface area contributed by atoms with Gasteiger partial charge in [0.1, 0.15) is 11.4 Å². The summed E-state index contributed by atoms with van der Waals surface area (Å²) >= 11 is 0. The number of aromatic nitrogens is 3. The molecule has 1 aromatic heterocycles. The maximum atomic E-state index is 9.56. The standard InChI is InChI=1S/C18H19N3O2/c1-13-3-5-14(6-4-13)11-21-18(17(12-22)19-20-21)15-7-9-16(23-2)10-8-15/h3-10,22H,11-12H2,1-2H3. The number of aliphatic hydroxyl groups is 1. The molecule has 5 nitrogen and oxygen atoms in total. The highest BCUT2D eigenvalue weighted by molar-refractivity contribution is 5.62. The monoisotopic (exact) mass is 309 g/mol. The Balaban J connectivity index is 1.97. The molecule has 0 aliphatic heterocycles. The Morgan fingerprint density at radius 1 is 1.04 bits per heavy atom. The summed E-state index contributed by atoms with van der Waals surface area (Å²) in [6.07, 6.45) is 0. The maximum Gasteiger partial charge on any atom is 0.118 e. The summed E-state index contributed by atoms with van der Waals surface area (Å²) in [5.41, 5.74) is 4.71. The average molecular weight is 309 g/mol. The van der Waals surface area contributed by atoms with Crippen molar-refractivity contribution in [2.75, 3.05) is 7.11 Å². The van der Waals surface area contributed by atoms with Gasteiger partial charge in [0, 0.05) is 5.56 Å². The number of benzene rings is 2. The zero-order chi connectivity index (χ0) is 16.2. The summed E-state index contributed by atoms with van der Waals surface area (Å²) in [4.78, 5) is 0. The van der Waals surface area contributed by atoms with Crippen LogP contribution in [0.4, 0.5) is 0 Å². The molecule has 3 rings (SSSR count). The van der Waals surface area contributed by atoms with Crippen molar-refractivity contribution >= 4 is 0 Å². The van der Waals surface area contributed by atoms with E-state index in [1.807, 2.05) is 28.9 Å². The van der Waals surface area contributed by atoms with Crippen LogP contribution in [0.15, 0.2) is 48.5 Å². The minimum absolute atomic E-state index is 0.144. The van der Waals surface area contributed by atoms with Crippen LogP contribution in [-0.4, -0.2) is 27.2 Å². The van der Waals surface area contributed by atoms with Crippen molar-refractivity contribution in [2.45, 2.75) is 20.1 Å². The Bertz CT molecular complexity index is 777. The molecule has 1 N–H and O–H groups in total. The maximum absolute atomic E-state index is 9.56. The Morgan fingerprint density at radius 3 is 2.35 bits per heavy atom. The normalized spacial score (nSPS) is 10.7. The molecule has 5 heteroatoms. The zero-order valence-corrected chi connectivity index (χ0v) is 13.2. The molecule has 0 unspecified atom stereocenters. The molecule has 0 saturated heterocycles. The number of aryl methyl sites for hydroxylation is 1. The smallest absolute Gasteiger partial charge is 0.118 e. The Hall–Kier alpha value is -2.66. The van der Waals surface area contributed by atoms with Gasteiger partial charge in [-0.2, -0.15) is 0 Å². The number of hydrogen-bond donors (Lipinski definition) is 1. The average Bonchev–Trinajstić information content (AvgIpc) is 2.99. The van der Waals surface area contributed by atoms with Gasteiger partial charge in [-0.1, -0.05) is 35.0 Å². The van der Waals surface area contributed by atoms with Gasteiger partial charge in [0.2, 0.25) is 0 Å². The van der Waals surface area contributed by atoms with Gasteiger partial charge >= 0.3 is 0 Å². The number of hydrogen-bond acceptors (Lipinski definition) is 4. The lowest BCUT2D eigenvalue weighted by Crippen LogP contribution is -2.04. The third-order valence-electron chi connectivity index (χ3n) is 3.77. The van der Waals surface area contributed by atoms with Gasteiger partial charge < -0.3 is 9.84 Å². The molecule has 0 amide bonds. The molecular weight excluding hydrogens is 290 g/mol. The SMILES string of the molecule is COc1ccc(-c2c(CO)nnn2Cc2ccc(C)cc2)cc1. The summed E-state index contributed by atoms with van der Waals surface area (Å²) in [5.74, 6) is 0.789. The first-order chi connectivity index (χ1) is 11.2. The van der Waals surface area contributed by atoms with Crippen LogP contribution in [-0.2, 0) is 13.2 Å². The Morgan fingerprint density at radius 2 is 1.74 bits per heavy atom. The fourth-order valence-electron chi connectivity index (χ4n) is 2.50. The van der Waals surface area contributed by atoms with Gasteiger partial charge in [-0.15, -0.1) is 5.10 Å². The molecular formula is C18H19N3O2. The summed E-state index contributed by atoms with van der Waals surface area (Å²) in [5, 5.41) is 17.9. The third-order valence-corrected chi connectivity index (χ3v) is 3.77. The van der Waals surface area contributed by atoms with Gasteiger partial charge in [0.25, 0.3) is 0 Å². The van der Waals surface area contributed by atoms with E-state index < -0.39 is 0 Å². The van der Waals surface area contributed by atoms with Crippen LogP contribution in [0.1, 0.15) is 16.8 Å². The molecule has 23 heavy (non-hydrogen) atoms. The largest absolute Gasteiger partial charge is 0.497 e. The molecule has 0 aliphatic rings. The second-order valence-corrected chi connectivity index (χ2v) is 5.41. The van der Waals surface area contributed by atoms with Gasteiger partial charge in [-0.3, -0.25) is 0 Å². The first-order valence-corrected chi connectivity index (χ1v) is 7.44. The molecule has 0 fully saturated rings. The molecule has 0 spiro atoms. The zero-order valence-electron chi connectivity index (χ0n) is 13.2. The van der Waals surface area contributed by atoms with E-state index in [9.17, 15) is 5.11 Å². The Kier molecular flexibility index (Phi) is 4.39. The summed E-state index contributed by atoms with van der Waals surface area (Å²) in [6.45, 7) is 2.52. The predicted molar refractivity (Wildman–Crippen MR) is 88.2 cm³/mol. The number of ether oxygens (including phenoxy) is 1. The topological polar surface area (TPSA) is 60.2 Å². The van der Waals surface area contributed by atoms with Crippen molar-refractivity contribution in [3.63, 3.8) is 0 Å². The second-order valence-electron chi connectivity index (χ2n) is 5.41. The molecule has 3 aromatic rings. The molecule has 2 aromatic carbocycles. The molecule has 0 saturated carbocycles. The van der Waals surface area contributed by atoms with Gasteiger partial charge in [-0.25, -0.2) is 4.68 Å². The fraction of sp³-hybridized carbons (Fsp3) is 0.222. The van der Waals surface area contributed by atoms with Crippen molar-refractivity contribution in [3.05, 3.63) is 65.4 Å². The van der Waals surface area contributed by atoms with E-state index in [0.29, 0.717) is 12.2 Å². The van der Waals surface area contributed by atoms with E-state index in [4.69, 9.17) is 4.74 Å². The van der Waals surface area contributed by atoms with Crippen LogP contribution in [0.5, 0.6) is 5.75 Å². The summed E-state index contributed by atoms with van der Waals surface area (Å²) in [7, 11) is 1.64. The van der Waals surface area contributed by atoms with E-state index in [0.717, 1.165) is 22.6 Å². The second kappa shape index (κ2) is 6.62. The van der Waals surface area contributed by atoms with Crippen molar-refractivity contribution in [1.82, 2.24) is 15.0 Å². The first kappa shape index (κ1) is 15.2. The lowest BCUT2D eigenvalue weighted by molar-refractivity contribution is 0.277. The molecule has 1 heterocycles. The van der Waals surface area contributed by atoms with Crippen molar-refractivity contribution < 1.29 is 9.84 Å². The third kappa shape index (κ3) is 3.24. The highest BCUT2D eigenvalue weighted by Gasteiger charge is 2.14. The lowest BCUT2D eigenvalue weighted by atomic mass is 10.1. The molecule has 118 valence electrons. The number of aliphatic hydroxyl groups excluding tert-OH is 1. The van der Waals surface area contributed by atoms with Crippen LogP contribution in [0.25, 0.3) is 11.3 Å². The summed E-state index contributed by atoms with van der Waals surface area (Å²) < 4.78 is 7.01. The van der Waals surface area contributed by atoms with Gasteiger partial charge in [0.05, 0.1) is 26.0 Å². The number of nitrogens with zero attached hydrogens (tertiary/aromatic N) is 3. The molecule has 0 radical (unpaired) electrons. The van der Waals surface area contributed by atoms with Gasteiger partial charge in [0.15, 0.2) is 0 Å². The number of methoxy groups -OCH3 is 1. The van der Waals surface area contributed by atoms with Gasteiger partial charge in [-0.05, 0) is 36.8 Å². The fourth-order valence-corrected chi connectivity index (χ4v) is 2.50. The summed E-state index contributed by atoms with van der Waals surface area (Å²) in [6, 6.07) is 16.0. The molecule has 0 atom stereocenters. The highest BCUT2D eigenvalue weighted by Crippen LogP contribution is 2.25. The molecule has 0 aliphatic carbocycles. The van der Waals surface area contributed by atoms with E-state index in [-0.39, 0.29) is 6.61 Å². The van der Waals surface area contributed by atoms with Crippen LogP contribution in [0, 0.1) is 6.92 Å². The lowest BCUT2D eigenvalue weighted by Gasteiger charge is -2.09. The highest BCUT2D eigenvalue weighted by atomic mass is 16.5. The van der Waals surface area contributed by atoms with E-state index in [2.05, 4.69) is 41.5 Å². The van der Waals surface area contributed by atoms with Crippen LogP contribution in [0.2, 0.25) is 0 Å². The van der Waals surface area contributed by atoms with E-state index >= 15 is 0 Å². The van der Waals surface area contributed by atoms with Crippen molar-refractivity contribution in [3.8, 4) is 17.0 Å². The minimum Gasteiger partial charge on any atom is -0.497 e. The minimum atomic E-state index is -0.144. The predicted octanol–water partition coefficient (Wildman–Crippen LogP) is 2.80. The quantitative estimate of drug-likeness (QED) is 0.787. The van der Waals surface area contributed by atoms with Crippen LogP contribution < -0.4 is 4.74 Å². The van der Waals surface area contributed by atoms with Crippen molar-refractivity contribution in [2.24, 2.45) is 0 Å². The number of rotatable bonds is 5. The Labute approximate surface area is 135 Å². The van der Waals surface area contributed by atoms with E-state index in [1.165, 1.54) is 5.56 Å². The van der Waals surface area contributed by atoms with Crippen LogP contribution >= 0.6 is 0 Å². The first-order valence-electron chi connectivity index (χ1n) is 7.44. The van der Waals surface area contributed by atoms with E-state index in [1.54, 1.807) is 7.11 Å². The van der Waals surface area contributed by atoms with Crippen molar-refractivity contribution in [1.29, 1.82) is 0 Å². The van der Waals surface area contributed by atoms with Crippen LogP contribution in [0.3, 0.4) is 0 Å². The molecule has 0 bridgehead atoms.